The first kappa shape index (κ1) is 16.8. The molecule has 20 heavy (non-hydrogen) atoms. The van der Waals surface area contributed by atoms with Crippen LogP contribution >= 0.6 is 0 Å². The number of nitrogens with one attached hydrogen (secondary N) is 1. The summed E-state index contributed by atoms with van der Waals surface area (Å²) in [6.07, 6.45) is -10.4. The van der Waals surface area contributed by atoms with Crippen molar-refractivity contribution in [2.75, 3.05) is 0 Å². The van der Waals surface area contributed by atoms with Crippen molar-refractivity contribution in [1.82, 2.24) is 10.3 Å². The normalized spacial score (nSPS) is 14.1. The molecular weight excluding hydrogens is 290 g/mol. The molecule has 1 aromatic heterocycles. The van der Waals surface area contributed by atoms with Crippen LogP contribution in [0.25, 0.3) is 0 Å². The van der Waals surface area contributed by atoms with Crippen molar-refractivity contribution in [2.45, 2.75) is 51.1 Å². The topological polar surface area (TPSA) is 38.1 Å². The van der Waals surface area contributed by atoms with Crippen LogP contribution in [0.2, 0.25) is 0 Å². The van der Waals surface area contributed by atoms with Gasteiger partial charge in [-0.25, -0.2) is 4.98 Å². The van der Waals surface area contributed by atoms with Crippen LogP contribution in [0.4, 0.5) is 26.3 Å². The summed E-state index contributed by atoms with van der Waals surface area (Å²) < 4.78 is 80.0. The van der Waals surface area contributed by atoms with Crippen LogP contribution in [0.5, 0.6) is 0 Å². The Morgan fingerprint density at radius 3 is 2.00 bits per heavy atom. The molecule has 0 aliphatic rings. The van der Waals surface area contributed by atoms with E-state index in [1.165, 1.54) is 0 Å². The molecule has 0 aromatic carbocycles. The Hall–Kier alpha value is -1.25. The summed E-state index contributed by atoms with van der Waals surface area (Å²) in [5.41, 5.74) is -0.887. The fourth-order valence-electron chi connectivity index (χ4n) is 1.48. The lowest BCUT2D eigenvalue weighted by Gasteiger charge is -2.23. The highest BCUT2D eigenvalue weighted by atomic mass is 19.4. The number of halogens is 6. The molecule has 0 atom stereocenters. The SMILES string of the molecule is CC(C)(C)NCc1ncoc1C(C(F)(F)F)C(F)(F)F. The molecule has 1 aromatic rings. The molecule has 0 unspecified atom stereocenters. The van der Waals surface area contributed by atoms with Crippen molar-refractivity contribution < 1.29 is 30.8 Å². The van der Waals surface area contributed by atoms with Gasteiger partial charge in [0.15, 0.2) is 6.39 Å². The molecule has 116 valence electrons. The van der Waals surface area contributed by atoms with Crippen LogP contribution in [0.15, 0.2) is 10.8 Å². The number of rotatable bonds is 3. The Morgan fingerprint density at radius 1 is 1.10 bits per heavy atom. The predicted octanol–water partition coefficient (Wildman–Crippen LogP) is 3.77. The van der Waals surface area contributed by atoms with Gasteiger partial charge in [0.25, 0.3) is 0 Å². The Balaban J connectivity index is 3.09. The van der Waals surface area contributed by atoms with Gasteiger partial charge < -0.3 is 9.73 Å². The van der Waals surface area contributed by atoms with Gasteiger partial charge in [-0.1, -0.05) is 0 Å². The molecule has 3 nitrogen and oxygen atoms in total. The van der Waals surface area contributed by atoms with Crippen LogP contribution < -0.4 is 5.32 Å². The van der Waals surface area contributed by atoms with Crippen molar-refractivity contribution >= 4 is 0 Å². The molecule has 0 spiro atoms. The second-order valence-corrected chi connectivity index (χ2v) is 5.28. The smallest absolute Gasteiger partial charge is 0.407 e. The number of hydrogen-bond donors (Lipinski definition) is 1. The number of hydrogen-bond acceptors (Lipinski definition) is 3. The summed E-state index contributed by atoms with van der Waals surface area (Å²) in [5, 5.41) is 2.77. The van der Waals surface area contributed by atoms with E-state index in [9.17, 15) is 26.3 Å². The van der Waals surface area contributed by atoms with Gasteiger partial charge in [-0.15, -0.1) is 0 Å². The minimum Gasteiger partial charge on any atom is -0.447 e. The van der Waals surface area contributed by atoms with E-state index < -0.39 is 35.3 Å². The van der Waals surface area contributed by atoms with Gasteiger partial charge >= 0.3 is 12.4 Å². The average molecular weight is 304 g/mol. The third-order valence-electron chi connectivity index (χ3n) is 2.38. The first-order valence-electron chi connectivity index (χ1n) is 5.63. The van der Waals surface area contributed by atoms with E-state index in [1.54, 1.807) is 20.8 Å². The van der Waals surface area contributed by atoms with Crippen LogP contribution in [-0.2, 0) is 6.54 Å². The van der Waals surface area contributed by atoms with Crippen molar-refractivity contribution in [2.24, 2.45) is 0 Å². The molecule has 1 N–H and O–H groups in total. The molecule has 0 radical (unpaired) electrons. The fraction of sp³-hybridized carbons (Fsp3) is 0.727. The average Bonchev–Trinajstić information content (AvgIpc) is 2.56. The first-order valence-corrected chi connectivity index (χ1v) is 5.63. The zero-order valence-corrected chi connectivity index (χ0v) is 11.0. The van der Waals surface area contributed by atoms with Gasteiger partial charge in [0.1, 0.15) is 5.76 Å². The quantitative estimate of drug-likeness (QED) is 0.864. The van der Waals surface area contributed by atoms with E-state index in [-0.39, 0.29) is 6.54 Å². The van der Waals surface area contributed by atoms with E-state index in [4.69, 9.17) is 0 Å². The van der Waals surface area contributed by atoms with Gasteiger partial charge in [-0.2, -0.15) is 26.3 Å². The lowest BCUT2D eigenvalue weighted by atomic mass is 10.0. The third-order valence-corrected chi connectivity index (χ3v) is 2.38. The first-order chi connectivity index (χ1) is 8.82. The lowest BCUT2D eigenvalue weighted by Crippen LogP contribution is -2.37. The van der Waals surface area contributed by atoms with Crippen LogP contribution in [0, 0.1) is 0 Å². The molecule has 0 bridgehead atoms. The summed E-state index contributed by atoms with van der Waals surface area (Å²) in [4.78, 5) is 3.44. The van der Waals surface area contributed by atoms with Crippen molar-refractivity contribution in [3.63, 3.8) is 0 Å². The standard InChI is InChI=1S/C11H14F6N2O/c1-9(2,3)19-4-6-7(20-5-18-6)8(10(12,13)14)11(15,16)17/h5,8,19H,4H2,1-3H3. The Kier molecular flexibility index (Phi) is 4.42. The zero-order valence-electron chi connectivity index (χ0n) is 11.0. The number of oxazole rings is 1. The summed E-state index contributed by atoms with van der Waals surface area (Å²) in [7, 11) is 0. The molecule has 0 aliphatic heterocycles. The van der Waals surface area contributed by atoms with Crippen LogP contribution in [0.3, 0.4) is 0 Å². The molecule has 1 rings (SSSR count). The Morgan fingerprint density at radius 2 is 1.60 bits per heavy atom. The van der Waals surface area contributed by atoms with E-state index >= 15 is 0 Å². The van der Waals surface area contributed by atoms with E-state index in [2.05, 4.69) is 14.7 Å². The number of aromatic nitrogens is 1. The monoisotopic (exact) mass is 304 g/mol. The summed E-state index contributed by atoms with van der Waals surface area (Å²) in [6, 6.07) is 0. The van der Waals surface area contributed by atoms with Crippen molar-refractivity contribution in [1.29, 1.82) is 0 Å². The number of nitrogens with zero attached hydrogens (tertiary/aromatic N) is 1. The highest BCUT2D eigenvalue weighted by molar-refractivity contribution is 5.17. The van der Waals surface area contributed by atoms with Crippen molar-refractivity contribution in [3.8, 4) is 0 Å². The lowest BCUT2D eigenvalue weighted by molar-refractivity contribution is -0.257. The minimum absolute atomic E-state index is 0.252. The summed E-state index contributed by atoms with van der Waals surface area (Å²) >= 11 is 0. The molecule has 0 fully saturated rings. The van der Waals surface area contributed by atoms with Gasteiger partial charge in [0.2, 0.25) is 5.92 Å². The summed E-state index contributed by atoms with van der Waals surface area (Å²) in [5.74, 6) is -4.89. The molecule has 1 heterocycles. The fourth-order valence-corrected chi connectivity index (χ4v) is 1.48. The maximum absolute atomic E-state index is 12.6. The molecule has 0 saturated heterocycles. The molecule has 0 aliphatic carbocycles. The second kappa shape index (κ2) is 5.27. The van der Waals surface area contributed by atoms with Gasteiger partial charge in [0.05, 0.1) is 5.69 Å². The van der Waals surface area contributed by atoms with E-state index in [1.807, 2.05) is 0 Å². The third kappa shape index (κ3) is 4.39. The Labute approximate surface area is 111 Å². The minimum atomic E-state index is -5.49. The number of alkyl halides is 6. The largest absolute Gasteiger partial charge is 0.447 e. The van der Waals surface area contributed by atoms with Crippen molar-refractivity contribution in [3.05, 3.63) is 17.8 Å². The second-order valence-electron chi connectivity index (χ2n) is 5.28. The van der Waals surface area contributed by atoms with Gasteiger partial charge in [-0.05, 0) is 20.8 Å². The van der Waals surface area contributed by atoms with Crippen LogP contribution in [0.1, 0.15) is 38.1 Å². The van der Waals surface area contributed by atoms with Crippen LogP contribution in [-0.4, -0.2) is 22.9 Å². The zero-order chi connectivity index (χ0) is 15.8. The molecular formula is C11H14F6N2O. The Bertz CT molecular complexity index is 429. The van der Waals surface area contributed by atoms with Gasteiger partial charge in [0, 0.05) is 12.1 Å². The molecule has 0 amide bonds. The molecule has 0 saturated carbocycles. The highest BCUT2D eigenvalue weighted by Crippen LogP contribution is 2.47. The van der Waals surface area contributed by atoms with E-state index in [0.717, 1.165) is 0 Å². The highest BCUT2D eigenvalue weighted by Gasteiger charge is 2.60. The van der Waals surface area contributed by atoms with Gasteiger partial charge in [-0.3, -0.25) is 0 Å². The maximum Gasteiger partial charge on any atom is 0.407 e. The summed E-state index contributed by atoms with van der Waals surface area (Å²) in [6.45, 7) is 4.91. The maximum atomic E-state index is 12.6. The van der Waals surface area contributed by atoms with E-state index in [0.29, 0.717) is 6.39 Å². The predicted molar refractivity (Wildman–Crippen MR) is 57.9 cm³/mol. The molecule has 9 heteroatoms.